The molecule has 1 aromatic rings. The number of amides is 1. The van der Waals surface area contributed by atoms with Gasteiger partial charge in [-0.05, 0) is 32.9 Å². The van der Waals surface area contributed by atoms with Gasteiger partial charge in [-0.3, -0.25) is 5.32 Å². The molecule has 6 heteroatoms. The first-order valence-corrected chi connectivity index (χ1v) is 5.26. The van der Waals surface area contributed by atoms with Crippen molar-refractivity contribution in [3.63, 3.8) is 0 Å². The average Bonchev–Trinajstić information content (AvgIpc) is 2.21. The van der Waals surface area contributed by atoms with Gasteiger partial charge in [0.15, 0.2) is 17.4 Å². The summed E-state index contributed by atoms with van der Waals surface area (Å²) >= 11 is 0. The van der Waals surface area contributed by atoms with Crippen LogP contribution >= 0.6 is 0 Å². The Balaban J connectivity index is 2.97. The van der Waals surface area contributed by atoms with Crippen LogP contribution in [0.2, 0.25) is 0 Å². The Hall–Kier alpha value is -1.85. The Bertz CT molecular complexity index is 455. The molecule has 0 bridgehead atoms. The molecule has 4 nitrogen and oxygen atoms in total. The Kier molecular flexibility index (Phi) is 4.11. The lowest BCUT2D eigenvalue weighted by molar-refractivity contribution is 0.0634. The number of ether oxygens (including phenoxy) is 2. The molecule has 0 aromatic heterocycles. The largest absolute Gasteiger partial charge is 0.491 e. The third kappa shape index (κ3) is 3.58. The quantitative estimate of drug-likeness (QED) is 0.886. The van der Waals surface area contributed by atoms with Crippen LogP contribution < -0.4 is 10.1 Å². The zero-order valence-electron chi connectivity index (χ0n) is 10.6. The molecule has 0 unspecified atom stereocenters. The van der Waals surface area contributed by atoms with Crippen LogP contribution in [0.3, 0.4) is 0 Å². The highest BCUT2D eigenvalue weighted by Gasteiger charge is 2.21. The van der Waals surface area contributed by atoms with Crippen molar-refractivity contribution in [3.8, 4) is 5.75 Å². The predicted molar refractivity (Wildman–Crippen MR) is 62.8 cm³/mol. The Labute approximate surface area is 104 Å². The molecule has 0 aliphatic heterocycles. The normalized spacial score (nSPS) is 11.0. The summed E-state index contributed by atoms with van der Waals surface area (Å²) in [5.74, 6) is -1.95. The van der Waals surface area contributed by atoms with Crippen LogP contribution in [0.1, 0.15) is 20.8 Å². The molecule has 1 N–H and O–H groups in total. The van der Waals surface area contributed by atoms with Crippen molar-refractivity contribution in [1.29, 1.82) is 0 Å². The van der Waals surface area contributed by atoms with Crippen LogP contribution in [0.25, 0.3) is 0 Å². The SMILES string of the molecule is COc1c(F)ccc(F)c1NC(=O)OC(C)(C)C. The van der Waals surface area contributed by atoms with E-state index in [0.717, 1.165) is 12.1 Å². The molecule has 0 saturated carbocycles. The van der Waals surface area contributed by atoms with Crippen LogP contribution in [-0.2, 0) is 4.74 Å². The number of carbonyl (C=O) groups excluding carboxylic acids is 1. The summed E-state index contributed by atoms with van der Waals surface area (Å²) in [5.41, 5.74) is -1.12. The van der Waals surface area contributed by atoms with E-state index in [4.69, 9.17) is 9.47 Å². The first-order chi connectivity index (χ1) is 8.24. The summed E-state index contributed by atoms with van der Waals surface area (Å²) in [6.07, 6.45) is -0.884. The summed E-state index contributed by atoms with van der Waals surface area (Å²) in [6.45, 7) is 4.98. The summed E-state index contributed by atoms with van der Waals surface area (Å²) in [7, 11) is 1.18. The van der Waals surface area contributed by atoms with Crippen LogP contribution in [0.4, 0.5) is 19.3 Å². The Morgan fingerprint density at radius 2 is 1.78 bits per heavy atom. The monoisotopic (exact) mass is 259 g/mol. The van der Waals surface area contributed by atoms with E-state index in [2.05, 4.69) is 5.32 Å². The molecule has 0 spiro atoms. The van der Waals surface area contributed by atoms with Crippen molar-refractivity contribution in [3.05, 3.63) is 23.8 Å². The van der Waals surface area contributed by atoms with Crippen LogP contribution in [0.15, 0.2) is 12.1 Å². The first-order valence-electron chi connectivity index (χ1n) is 5.26. The zero-order chi connectivity index (χ0) is 13.9. The van der Waals surface area contributed by atoms with Crippen LogP contribution in [-0.4, -0.2) is 18.8 Å². The van der Waals surface area contributed by atoms with E-state index in [-0.39, 0.29) is 11.4 Å². The van der Waals surface area contributed by atoms with Gasteiger partial charge in [0.1, 0.15) is 11.3 Å². The fourth-order valence-electron chi connectivity index (χ4n) is 1.25. The van der Waals surface area contributed by atoms with Crippen molar-refractivity contribution in [2.45, 2.75) is 26.4 Å². The van der Waals surface area contributed by atoms with Gasteiger partial charge in [0.05, 0.1) is 7.11 Å². The Morgan fingerprint density at radius 1 is 1.22 bits per heavy atom. The number of hydrogen-bond acceptors (Lipinski definition) is 3. The smallest absolute Gasteiger partial charge is 0.412 e. The lowest BCUT2D eigenvalue weighted by atomic mass is 10.2. The summed E-state index contributed by atoms with van der Waals surface area (Å²) in [4.78, 5) is 11.5. The van der Waals surface area contributed by atoms with E-state index < -0.39 is 23.3 Å². The molecule has 0 aliphatic rings. The molecule has 0 fully saturated rings. The van der Waals surface area contributed by atoms with E-state index in [1.54, 1.807) is 20.8 Å². The van der Waals surface area contributed by atoms with Crippen molar-refractivity contribution >= 4 is 11.8 Å². The van der Waals surface area contributed by atoms with E-state index in [1.165, 1.54) is 7.11 Å². The van der Waals surface area contributed by atoms with Gasteiger partial charge < -0.3 is 9.47 Å². The first kappa shape index (κ1) is 14.2. The van der Waals surface area contributed by atoms with Crippen molar-refractivity contribution in [2.75, 3.05) is 12.4 Å². The van der Waals surface area contributed by atoms with Crippen LogP contribution in [0, 0.1) is 11.6 Å². The second kappa shape index (κ2) is 5.20. The molecule has 0 aliphatic carbocycles. The molecule has 100 valence electrons. The second-order valence-corrected chi connectivity index (χ2v) is 4.56. The molecule has 0 radical (unpaired) electrons. The number of anilines is 1. The van der Waals surface area contributed by atoms with E-state index in [1.807, 2.05) is 0 Å². The molecule has 1 amide bonds. The van der Waals surface area contributed by atoms with Gasteiger partial charge in [-0.25, -0.2) is 13.6 Å². The minimum absolute atomic E-state index is 0.374. The lowest BCUT2D eigenvalue weighted by Gasteiger charge is -2.20. The van der Waals surface area contributed by atoms with Crippen LogP contribution in [0.5, 0.6) is 5.75 Å². The predicted octanol–water partition coefficient (Wildman–Crippen LogP) is 3.32. The molecule has 1 rings (SSSR count). The highest BCUT2D eigenvalue weighted by atomic mass is 19.1. The maximum atomic E-state index is 13.5. The van der Waals surface area contributed by atoms with Crippen molar-refractivity contribution in [2.24, 2.45) is 0 Å². The van der Waals surface area contributed by atoms with Gasteiger partial charge in [-0.2, -0.15) is 0 Å². The fourth-order valence-corrected chi connectivity index (χ4v) is 1.25. The van der Waals surface area contributed by atoms with Gasteiger partial charge in [-0.1, -0.05) is 0 Å². The maximum absolute atomic E-state index is 13.5. The molecule has 18 heavy (non-hydrogen) atoms. The average molecular weight is 259 g/mol. The van der Waals surface area contributed by atoms with E-state index >= 15 is 0 Å². The van der Waals surface area contributed by atoms with Gasteiger partial charge in [0.25, 0.3) is 0 Å². The lowest BCUT2D eigenvalue weighted by Crippen LogP contribution is -2.27. The number of benzene rings is 1. The molecule has 0 heterocycles. The fraction of sp³-hybridized carbons (Fsp3) is 0.417. The summed E-state index contributed by atoms with van der Waals surface area (Å²) in [6, 6.07) is 1.80. The number of carbonyl (C=O) groups is 1. The van der Waals surface area contributed by atoms with E-state index in [9.17, 15) is 13.6 Å². The minimum Gasteiger partial charge on any atom is -0.491 e. The third-order valence-electron chi connectivity index (χ3n) is 1.89. The summed E-state index contributed by atoms with van der Waals surface area (Å²) in [5, 5.41) is 2.13. The number of nitrogens with one attached hydrogen (secondary N) is 1. The topological polar surface area (TPSA) is 47.6 Å². The van der Waals surface area contributed by atoms with Gasteiger partial charge in [0, 0.05) is 0 Å². The molecule has 0 atom stereocenters. The number of methoxy groups -OCH3 is 1. The highest BCUT2D eigenvalue weighted by molar-refractivity contribution is 5.87. The number of hydrogen-bond donors (Lipinski definition) is 1. The molecule has 0 saturated heterocycles. The van der Waals surface area contributed by atoms with Gasteiger partial charge in [-0.15, -0.1) is 0 Å². The standard InChI is InChI=1S/C12H15F2NO3/c1-12(2,3)18-11(16)15-9-7(13)5-6-8(14)10(9)17-4/h5-6H,1-4H3,(H,15,16). The number of rotatable bonds is 2. The van der Waals surface area contributed by atoms with E-state index in [0.29, 0.717) is 0 Å². The highest BCUT2D eigenvalue weighted by Crippen LogP contribution is 2.30. The second-order valence-electron chi connectivity index (χ2n) is 4.56. The van der Waals surface area contributed by atoms with Gasteiger partial charge >= 0.3 is 6.09 Å². The minimum atomic E-state index is -0.884. The molecular formula is C12H15F2NO3. The molecular weight excluding hydrogens is 244 g/mol. The maximum Gasteiger partial charge on any atom is 0.412 e. The van der Waals surface area contributed by atoms with Crippen molar-refractivity contribution in [1.82, 2.24) is 0 Å². The zero-order valence-corrected chi connectivity index (χ0v) is 10.6. The van der Waals surface area contributed by atoms with Crippen molar-refractivity contribution < 1.29 is 23.0 Å². The Morgan fingerprint density at radius 3 is 2.28 bits per heavy atom. The summed E-state index contributed by atoms with van der Waals surface area (Å²) < 4.78 is 36.5. The number of halogens is 2. The molecule has 1 aromatic carbocycles. The third-order valence-corrected chi connectivity index (χ3v) is 1.89. The van der Waals surface area contributed by atoms with Gasteiger partial charge in [0.2, 0.25) is 0 Å².